The first kappa shape index (κ1) is 30.4. The van der Waals surface area contributed by atoms with Crippen LogP contribution in [0.5, 0.6) is 0 Å². The summed E-state index contributed by atoms with van der Waals surface area (Å²) in [6.07, 6.45) is 6.31. The number of fused-ring (bicyclic) bond motifs is 4. The molecule has 0 unspecified atom stereocenters. The molecule has 0 radical (unpaired) electrons. The van der Waals surface area contributed by atoms with Crippen molar-refractivity contribution < 1.29 is 0 Å². The van der Waals surface area contributed by atoms with Crippen LogP contribution < -0.4 is 0 Å². The largest absolute Gasteiger partial charge is 0.309 e. The van der Waals surface area contributed by atoms with Gasteiger partial charge in [0.05, 0.1) is 22.2 Å². The summed E-state index contributed by atoms with van der Waals surface area (Å²) in [6, 6.07) is 61.3. The maximum absolute atomic E-state index is 4.27. The van der Waals surface area contributed by atoms with Crippen LogP contribution in [0.3, 0.4) is 0 Å². The van der Waals surface area contributed by atoms with Crippen molar-refractivity contribution in [3.8, 4) is 44.8 Å². The van der Waals surface area contributed by atoms with Gasteiger partial charge in [-0.05, 0) is 101 Å². The van der Waals surface area contributed by atoms with Gasteiger partial charge in [-0.2, -0.15) is 0 Å². The van der Waals surface area contributed by atoms with Crippen LogP contribution in [0.15, 0.2) is 183 Å². The van der Waals surface area contributed by atoms with Gasteiger partial charge in [-0.3, -0.25) is 0 Å². The van der Waals surface area contributed by atoms with Crippen LogP contribution in [0.25, 0.3) is 89.6 Å². The Morgan fingerprint density at radius 2 is 0.902 bits per heavy atom. The van der Waals surface area contributed by atoms with Crippen molar-refractivity contribution in [2.45, 2.75) is 6.92 Å². The zero-order chi connectivity index (χ0) is 34.3. The topological polar surface area (TPSA) is 9.86 Å². The normalized spacial score (nSPS) is 11.6. The molecule has 0 fully saturated rings. The minimum absolute atomic E-state index is 1.08. The molecule has 0 aliphatic heterocycles. The van der Waals surface area contributed by atoms with Gasteiger partial charge >= 0.3 is 0 Å². The molecule has 2 heteroatoms. The third kappa shape index (κ3) is 5.21. The fourth-order valence-corrected chi connectivity index (χ4v) is 7.68. The molecule has 0 bridgehead atoms. The molecule has 0 aliphatic rings. The quantitative estimate of drug-likeness (QED) is 0.162. The van der Waals surface area contributed by atoms with Gasteiger partial charge in [-0.1, -0.05) is 134 Å². The average Bonchev–Trinajstić information content (AvgIpc) is 3.70. The van der Waals surface area contributed by atoms with Crippen LogP contribution in [-0.2, 0) is 0 Å². The molecule has 51 heavy (non-hydrogen) atoms. The lowest BCUT2D eigenvalue weighted by molar-refractivity contribution is 1.11. The van der Waals surface area contributed by atoms with Crippen molar-refractivity contribution in [2.75, 3.05) is 0 Å². The van der Waals surface area contributed by atoms with Crippen LogP contribution >= 0.6 is 0 Å². The van der Waals surface area contributed by atoms with E-state index in [0.29, 0.717) is 0 Å². The maximum Gasteiger partial charge on any atom is 0.0541 e. The molecule has 0 atom stereocenters. The number of hydrogen-bond donors (Lipinski definition) is 0. The van der Waals surface area contributed by atoms with Crippen molar-refractivity contribution in [1.29, 1.82) is 0 Å². The minimum Gasteiger partial charge on any atom is -0.309 e. The Hall–Kier alpha value is -6.64. The lowest BCUT2D eigenvalue weighted by atomic mass is 10.00. The lowest BCUT2D eigenvalue weighted by Crippen LogP contribution is -1.97. The van der Waals surface area contributed by atoms with E-state index in [1.807, 2.05) is 6.08 Å². The summed E-state index contributed by atoms with van der Waals surface area (Å²) in [5.74, 6) is 0. The van der Waals surface area contributed by atoms with E-state index in [1.165, 1.54) is 66.1 Å². The highest BCUT2D eigenvalue weighted by molar-refractivity contribution is 6.11. The van der Waals surface area contributed by atoms with Gasteiger partial charge in [-0.15, -0.1) is 0 Å². The summed E-state index contributed by atoms with van der Waals surface area (Å²) in [6.45, 7) is 6.35. The molecule has 242 valence electrons. The molecule has 9 rings (SSSR count). The Kier molecular flexibility index (Phi) is 7.56. The van der Waals surface area contributed by atoms with Gasteiger partial charge in [0.25, 0.3) is 0 Å². The molecule has 9 aromatic rings. The Morgan fingerprint density at radius 3 is 1.51 bits per heavy atom. The third-order valence-corrected chi connectivity index (χ3v) is 10.0. The number of hydrogen-bond acceptors (Lipinski definition) is 0. The first-order valence-electron chi connectivity index (χ1n) is 17.5. The molecular formula is C49H36N2. The van der Waals surface area contributed by atoms with Gasteiger partial charge in [0.15, 0.2) is 0 Å². The number of rotatable bonds is 7. The molecule has 2 nitrogen and oxygen atoms in total. The predicted molar refractivity (Wildman–Crippen MR) is 219 cm³/mol. The first-order valence-corrected chi connectivity index (χ1v) is 17.5. The first-order chi connectivity index (χ1) is 25.2. The highest BCUT2D eigenvalue weighted by atomic mass is 15.0. The minimum atomic E-state index is 1.08. The Labute approximate surface area is 298 Å². The van der Waals surface area contributed by atoms with Crippen LogP contribution in [0, 0.1) is 0 Å². The molecule has 0 amide bonds. The van der Waals surface area contributed by atoms with Crippen LogP contribution in [-0.4, -0.2) is 9.13 Å². The Morgan fingerprint density at radius 1 is 0.412 bits per heavy atom. The molecule has 7 aromatic carbocycles. The standard InChI is InChI=1S/C49H36N2/c1-3-15-42-44-32-38(26-28-48(44)50(46(42)4-2)40-22-13-20-36(30-40)34-16-7-5-8-17-34)39-27-29-49-45(33-39)43-24-11-12-25-47(43)51(49)41-23-14-21-37(31-41)35-18-9-6-10-19-35/h3-33H,2H2,1H3/b15-3-. The van der Waals surface area contributed by atoms with E-state index in [4.69, 9.17) is 0 Å². The van der Waals surface area contributed by atoms with Gasteiger partial charge < -0.3 is 9.13 Å². The highest BCUT2D eigenvalue weighted by Gasteiger charge is 2.18. The van der Waals surface area contributed by atoms with Crippen molar-refractivity contribution in [3.05, 3.63) is 194 Å². The molecule has 2 aromatic heterocycles. The van der Waals surface area contributed by atoms with E-state index in [2.05, 4.69) is 205 Å². The van der Waals surface area contributed by atoms with Crippen molar-refractivity contribution in [1.82, 2.24) is 9.13 Å². The number of allylic oxidation sites excluding steroid dienone is 1. The second kappa shape index (κ2) is 12.7. The summed E-state index contributed by atoms with van der Waals surface area (Å²) in [5, 5.41) is 3.68. The summed E-state index contributed by atoms with van der Waals surface area (Å²) < 4.78 is 4.74. The Balaban J connectivity index is 1.20. The zero-order valence-corrected chi connectivity index (χ0v) is 28.5. The van der Waals surface area contributed by atoms with Crippen molar-refractivity contribution >= 4 is 44.9 Å². The summed E-state index contributed by atoms with van der Waals surface area (Å²) >= 11 is 0. The molecule has 0 saturated heterocycles. The maximum atomic E-state index is 4.27. The van der Waals surface area contributed by atoms with Gasteiger partial charge in [0, 0.05) is 33.1 Å². The number of aromatic nitrogens is 2. The van der Waals surface area contributed by atoms with Crippen molar-refractivity contribution in [3.63, 3.8) is 0 Å². The molecular weight excluding hydrogens is 617 g/mol. The molecule has 0 aliphatic carbocycles. The molecule has 0 N–H and O–H groups in total. The second-order valence-electron chi connectivity index (χ2n) is 13.0. The van der Waals surface area contributed by atoms with E-state index in [0.717, 1.165) is 22.6 Å². The van der Waals surface area contributed by atoms with E-state index in [9.17, 15) is 0 Å². The SMILES string of the molecule is C=Cc1c(/C=C\C)c2cc(-c3ccc4c(c3)c3ccccc3n4-c3cccc(-c4ccccc4)c3)ccc2n1-c1cccc(-c2ccccc2)c1. The number of benzene rings is 7. The van der Waals surface area contributed by atoms with E-state index in [-0.39, 0.29) is 0 Å². The fraction of sp³-hybridized carbons (Fsp3) is 0.0204. The summed E-state index contributed by atoms with van der Waals surface area (Å²) in [5.41, 5.74) is 15.3. The summed E-state index contributed by atoms with van der Waals surface area (Å²) in [7, 11) is 0. The highest BCUT2D eigenvalue weighted by Crippen LogP contribution is 2.39. The molecule has 2 heterocycles. The van der Waals surface area contributed by atoms with E-state index >= 15 is 0 Å². The number of nitrogens with zero attached hydrogens (tertiary/aromatic N) is 2. The molecule has 0 saturated carbocycles. The zero-order valence-electron chi connectivity index (χ0n) is 28.5. The van der Waals surface area contributed by atoms with Crippen LogP contribution in [0.1, 0.15) is 18.2 Å². The third-order valence-electron chi connectivity index (χ3n) is 10.0. The molecule has 0 spiro atoms. The smallest absolute Gasteiger partial charge is 0.0541 e. The van der Waals surface area contributed by atoms with Gasteiger partial charge in [-0.25, -0.2) is 0 Å². The van der Waals surface area contributed by atoms with Gasteiger partial charge in [0.2, 0.25) is 0 Å². The summed E-state index contributed by atoms with van der Waals surface area (Å²) in [4.78, 5) is 0. The number of para-hydroxylation sites is 1. The van der Waals surface area contributed by atoms with Crippen LogP contribution in [0.4, 0.5) is 0 Å². The Bertz CT molecular complexity index is 2760. The van der Waals surface area contributed by atoms with E-state index < -0.39 is 0 Å². The predicted octanol–water partition coefficient (Wildman–Crippen LogP) is 13.4. The fourth-order valence-electron chi connectivity index (χ4n) is 7.68. The van der Waals surface area contributed by atoms with E-state index in [1.54, 1.807) is 0 Å². The van der Waals surface area contributed by atoms with Crippen molar-refractivity contribution in [2.24, 2.45) is 0 Å². The van der Waals surface area contributed by atoms with Gasteiger partial charge in [0.1, 0.15) is 0 Å². The average molecular weight is 653 g/mol. The van der Waals surface area contributed by atoms with Crippen LogP contribution in [0.2, 0.25) is 0 Å². The lowest BCUT2D eigenvalue weighted by Gasteiger charge is -2.12. The second-order valence-corrected chi connectivity index (χ2v) is 13.0. The monoisotopic (exact) mass is 652 g/mol.